The number of fused-ring (bicyclic) bond motifs is 3. The Morgan fingerprint density at radius 2 is 1.67 bits per heavy atom. The highest BCUT2D eigenvalue weighted by Crippen LogP contribution is 2.39. The first-order valence-electron chi connectivity index (χ1n) is 23.3. The number of methoxy groups -OCH3 is 2. The van der Waals surface area contributed by atoms with E-state index < -0.39 is 77.8 Å². The fraction of sp³-hybridized carbons (Fsp3) is 0.776. The molecule has 63 heavy (non-hydrogen) atoms. The third kappa shape index (κ3) is 14.1. The van der Waals surface area contributed by atoms with E-state index in [0.29, 0.717) is 57.1 Å². The van der Waals surface area contributed by atoms with Crippen LogP contribution in [0.1, 0.15) is 126 Å². The van der Waals surface area contributed by atoms with Crippen molar-refractivity contribution in [3.63, 3.8) is 0 Å². The molecule has 4 aliphatic rings. The molecule has 1 amide bonds. The van der Waals surface area contributed by atoms with Crippen LogP contribution in [0, 0.1) is 35.5 Å². The van der Waals surface area contributed by atoms with E-state index in [9.17, 15) is 34.2 Å². The summed E-state index contributed by atoms with van der Waals surface area (Å²) in [6, 6.07) is -1.15. The number of ketones is 2. The van der Waals surface area contributed by atoms with Crippen molar-refractivity contribution in [3.8, 4) is 0 Å². The molecule has 0 aromatic rings. The molecule has 3 aliphatic heterocycles. The molecule has 2 N–H and O–H groups in total. The Bertz CT molecular complexity index is 1630. The second-order valence-electron chi connectivity index (χ2n) is 19.3. The van der Waals surface area contributed by atoms with Crippen molar-refractivity contribution in [2.75, 3.05) is 34.0 Å². The highest BCUT2D eigenvalue weighted by atomic mass is 16.7. The maximum atomic E-state index is 14.4. The van der Waals surface area contributed by atoms with Gasteiger partial charge < -0.3 is 43.5 Å². The van der Waals surface area contributed by atoms with E-state index in [1.165, 1.54) is 19.1 Å². The topological polar surface area (TPSA) is 184 Å². The summed E-state index contributed by atoms with van der Waals surface area (Å²) in [7, 11) is 3.05. The number of aliphatic hydroxyl groups excluding tert-OH is 1. The van der Waals surface area contributed by atoms with E-state index in [1.807, 2.05) is 46.8 Å². The smallest absolute Gasteiger partial charge is 0.332 e. The number of piperidine rings is 1. The van der Waals surface area contributed by atoms with Crippen LogP contribution in [-0.2, 0) is 52.4 Å². The number of aliphatic hydroxyl groups is 2. The number of Topliss-reactive ketones (excluding diaryl/α,β-unsaturated/α-hetero) is 2. The Hall–Kier alpha value is -3.27. The minimum Gasteiger partial charge on any atom is -0.464 e. The van der Waals surface area contributed by atoms with Gasteiger partial charge in [0.2, 0.25) is 5.79 Å². The van der Waals surface area contributed by atoms with Gasteiger partial charge in [0.1, 0.15) is 30.6 Å². The van der Waals surface area contributed by atoms with Gasteiger partial charge >= 0.3 is 11.9 Å². The molecule has 0 spiro atoms. The predicted octanol–water partition coefficient (Wildman–Crippen LogP) is 6.24. The van der Waals surface area contributed by atoms with Crippen LogP contribution in [0.3, 0.4) is 0 Å². The van der Waals surface area contributed by atoms with Gasteiger partial charge in [0.25, 0.3) is 11.7 Å². The van der Waals surface area contributed by atoms with Crippen LogP contribution in [0.5, 0.6) is 0 Å². The molecule has 3 fully saturated rings. The molecular weight excluding hydrogens is 811 g/mol. The zero-order valence-corrected chi connectivity index (χ0v) is 39.4. The molecule has 14 heteroatoms. The summed E-state index contributed by atoms with van der Waals surface area (Å²) in [6.45, 7) is 17.4. The van der Waals surface area contributed by atoms with Gasteiger partial charge in [-0.1, -0.05) is 58.4 Å². The normalized spacial score (nSPS) is 37.0. The van der Waals surface area contributed by atoms with Crippen molar-refractivity contribution >= 4 is 29.4 Å². The van der Waals surface area contributed by atoms with Crippen LogP contribution in [-0.4, -0.2) is 127 Å². The Morgan fingerprint density at radius 1 is 1.00 bits per heavy atom. The first-order chi connectivity index (χ1) is 29.8. The van der Waals surface area contributed by atoms with E-state index in [-0.39, 0.29) is 68.0 Å². The summed E-state index contributed by atoms with van der Waals surface area (Å²) in [5.41, 5.74) is 1.64. The summed E-state index contributed by atoms with van der Waals surface area (Å²) in [4.78, 5) is 70.3. The molecule has 4 rings (SSSR count). The summed E-state index contributed by atoms with van der Waals surface area (Å²) in [5.74, 6) is -7.83. The van der Waals surface area contributed by atoms with Crippen LogP contribution in [0.4, 0.5) is 0 Å². The third-order valence-electron chi connectivity index (χ3n) is 13.5. The molecule has 0 radical (unpaired) electrons. The van der Waals surface area contributed by atoms with Gasteiger partial charge in [-0.05, 0) is 108 Å². The van der Waals surface area contributed by atoms with Crippen molar-refractivity contribution in [1.82, 2.24) is 4.90 Å². The summed E-state index contributed by atoms with van der Waals surface area (Å²) in [6.07, 6.45) is 6.99. The quantitative estimate of drug-likeness (QED) is 0.135. The maximum absolute atomic E-state index is 14.4. The summed E-state index contributed by atoms with van der Waals surface area (Å²) >= 11 is 0. The molecule has 3 heterocycles. The van der Waals surface area contributed by atoms with E-state index in [1.54, 1.807) is 19.9 Å². The zero-order valence-electron chi connectivity index (χ0n) is 39.4. The van der Waals surface area contributed by atoms with Crippen LogP contribution >= 0.6 is 0 Å². The lowest BCUT2D eigenvalue weighted by molar-refractivity contribution is -0.302. The second-order valence-corrected chi connectivity index (χ2v) is 19.3. The molecular formula is C49H77NO13. The fourth-order valence-corrected chi connectivity index (χ4v) is 9.79. The van der Waals surface area contributed by atoms with Crippen LogP contribution < -0.4 is 0 Å². The van der Waals surface area contributed by atoms with Crippen LogP contribution in [0.25, 0.3) is 0 Å². The largest absolute Gasteiger partial charge is 0.464 e. The van der Waals surface area contributed by atoms with E-state index >= 15 is 0 Å². The Labute approximate surface area is 375 Å². The Kier molecular flexibility index (Phi) is 20.2. The molecule has 2 bridgehead atoms. The molecule has 0 aromatic heterocycles. The fourth-order valence-electron chi connectivity index (χ4n) is 9.79. The average Bonchev–Trinajstić information content (AvgIpc) is 3.25. The van der Waals surface area contributed by atoms with Crippen molar-refractivity contribution in [2.45, 2.75) is 174 Å². The minimum atomic E-state index is -2.52. The average molecular weight is 888 g/mol. The number of carbonyl (C=O) groups excluding carboxylic acids is 5. The minimum absolute atomic E-state index is 0.00464. The lowest BCUT2D eigenvalue weighted by Gasteiger charge is -2.47. The number of esters is 2. The number of hydrogen-bond donors (Lipinski definition) is 2. The molecule has 2 saturated heterocycles. The standard InChI is InChI=1S/C49H77NO13/c1-11-14-36-22-30(4)21-31(5)23-41(58-9)45-42(59-10)25-33(7)49(57,63-45)46(54)47(55)50-20-13-12-15-38(50)48(56)62-44(34(8)39(51)26-40(36)52)32(6)24-35-16-18-37(19-17-35)60-28-43(53)61-27-29(2)3/h11,22,24,29,31,33-39,41-42,44-45,51,57H,1,12-21,23,25-28H2,2-10H3/b30-22+,32-24+/t31-,33+,34+,35-,36+,37-,38-,39-,41-,42-,44+,45+,49+/m0/s1. The monoisotopic (exact) mass is 888 g/mol. The third-order valence-corrected chi connectivity index (χ3v) is 13.5. The van der Waals surface area contributed by atoms with E-state index in [0.717, 1.165) is 18.4 Å². The molecule has 14 nitrogen and oxygen atoms in total. The number of allylic oxidation sites excluding steroid dienone is 4. The predicted molar refractivity (Wildman–Crippen MR) is 236 cm³/mol. The molecule has 11 atom stereocenters. The van der Waals surface area contributed by atoms with Gasteiger partial charge in [-0.15, -0.1) is 6.58 Å². The molecule has 1 aliphatic carbocycles. The van der Waals surface area contributed by atoms with Gasteiger partial charge in [-0.3, -0.25) is 14.4 Å². The number of amides is 1. The van der Waals surface area contributed by atoms with Gasteiger partial charge in [-0.2, -0.15) is 0 Å². The maximum Gasteiger partial charge on any atom is 0.332 e. The number of ether oxygens (including phenoxy) is 6. The molecule has 356 valence electrons. The lowest BCUT2D eigenvalue weighted by Crippen LogP contribution is -2.64. The van der Waals surface area contributed by atoms with E-state index in [4.69, 9.17) is 28.4 Å². The number of rotatable bonds is 11. The van der Waals surface area contributed by atoms with Crippen molar-refractivity contribution in [3.05, 3.63) is 36.0 Å². The lowest BCUT2D eigenvalue weighted by atomic mass is 9.82. The van der Waals surface area contributed by atoms with E-state index in [2.05, 4.69) is 6.58 Å². The SMILES string of the molecule is C=CC[C@@H]1/C=C(\C)C[C@H](C)C[C@H](OC)[C@H]2O[C@@](O)(C(=O)C(=O)N3CCCC[C@H]3C(=O)O[C@H](/C(C)=C/[C@H]3CC[C@H](OCC(=O)OCC(C)C)CC3)[C@H](C)[C@@H](O)CC1=O)[C@H](C)C[C@@H]2OC. The first kappa shape index (κ1) is 52.4. The molecule has 0 unspecified atom stereocenters. The van der Waals surface area contributed by atoms with Gasteiger partial charge in [0.15, 0.2) is 0 Å². The highest BCUT2D eigenvalue weighted by Gasteiger charge is 2.56. The summed E-state index contributed by atoms with van der Waals surface area (Å²) in [5, 5.41) is 23.9. The molecule has 1 saturated carbocycles. The number of nitrogens with zero attached hydrogens (tertiary/aromatic N) is 1. The zero-order chi connectivity index (χ0) is 46.6. The Morgan fingerprint density at radius 3 is 2.30 bits per heavy atom. The number of cyclic esters (lactones) is 1. The van der Waals surface area contributed by atoms with Crippen molar-refractivity contribution in [2.24, 2.45) is 35.5 Å². The first-order valence-corrected chi connectivity index (χ1v) is 23.3. The van der Waals surface area contributed by atoms with Crippen molar-refractivity contribution < 1.29 is 62.6 Å². The van der Waals surface area contributed by atoms with Crippen LogP contribution in [0.2, 0.25) is 0 Å². The van der Waals surface area contributed by atoms with Gasteiger partial charge in [0, 0.05) is 44.9 Å². The second kappa shape index (κ2) is 24.3. The number of hydrogen-bond acceptors (Lipinski definition) is 13. The molecule has 0 aromatic carbocycles. The van der Waals surface area contributed by atoms with Crippen LogP contribution in [0.15, 0.2) is 36.0 Å². The number of carbonyl (C=O) groups is 5. The Balaban J connectivity index is 1.68. The summed E-state index contributed by atoms with van der Waals surface area (Å²) < 4.78 is 35.5. The van der Waals surface area contributed by atoms with Gasteiger partial charge in [0.05, 0.1) is 31.0 Å². The highest BCUT2D eigenvalue weighted by molar-refractivity contribution is 6.39. The van der Waals surface area contributed by atoms with Crippen molar-refractivity contribution in [1.29, 1.82) is 0 Å². The van der Waals surface area contributed by atoms with Gasteiger partial charge in [-0.25, -0.2) is 9.59 Å².